The first kappa shape index (κ1) is 13.0. The molecule has 3 N–H and O–H groups in total. The third-order valence-corrected chi connectivity index (χ3v) is 3.81. The maximum Gasteiger partial charge on any atom is 0.115 e. The van der Waals surface area contributed by atoms with Crippen LogP contribution >= 0.6 is 23.6 Å². The van der Waals surface area contributed by atoms with Crippen LogP contribution in [0.15, 0.2) is 29.8 Å². The predicted molar refractivity (Wildman–Crippen MR) is 81.2 cm³/mol. The first-order chi connectivity index (χ1) is 8.58. The number of nitrogens with one attached hydrogen (secondary N) is 1. The lowest BCUT2D eigenvalue weighted by Crippen LogP contribution is -2.15. The van der Waals surface area contributed by atoms with Crippen molar-refractivity contribution in [1.82, 2.24) is 4.98 Å². The molecule has 1 aromatic heterocycles. The van der Waals surface area contributed by atoms with E-state index in [1.54, 1.807) is 11.3 Å². The lowest BCUT2D eigenvalue weighted by molar-refractivity contribution is 0.869. The van der Waals surface area contributed by atoms with E-state index in [0.717, 1.165) is 21.8 Å². The molecule has 2 rings (SSSR count). The Labute approximate surface area is 116 Å². The third-order valence-electron chi connectivity index (χ3n) is 2.63. The smallest absolute Gasteiger partial charge is 0.115 e. The first-order valence-corrected chi connectivity index (χ1v) is 6.93. The van der Waals surface area contributed by atoms with E-state index in [0.29, 0.717) is 4.99 Å². The van der Waals surface area contributed by atoms with E-state index in [9.17, 15) is 0 Å². The van der Waals surface area contributed by atoms with Gasteiger partial charge in [0.2, 0.25) is 0 Å². The zero-order valence-corrected chi connectivity index (χ0v) is 11.9. The van der Waals surface area contributed by atoms with Gasteiger partial charge in [-0.1, -0.05) is 23.8 Å². The summed E-state index contributed by atoms with van der Waals surface area (Å²) in [6, 6.07) is 6.19. The van der Waals surface area contributed by atoms with Crippen LogP contribution in [-0.4, -0.2) is 9.97 Å². The highest BCUT2D eigenvalue weighted by Crippen LogP contribution is 2.24. The largest absolute Gasteiger partial charge is 0.389 e. The molecular weight excluding hydrogens is 262 g/mol. The Kier molecular flexibility index (Phi) is 3.93. The van der Waals surface area contributed by atoms with Crippen molar-refractivity contribution in [2.24, 2.45) is 5.73 Å². The van der Waals surface area contributed by atoms with E-state index >= 15 is 0 Å². The molecule has 2 aromatic rings. The molecular formula is C13H15N3S2. The van der Waals surface area contributed by atoms with Crippen LogP contribution in [-0.2, 0) is 0 Å². The number of thiazole rings is 1. The molecule has 0 fully saturated rings. The first-order valence-electron chi connectivity index (χ1n) is 5.64. The minimum atomic E-state index is 0.140. The van der Waals surface area contributed by atoms with Crippen molar-refractivity contribution in [3.8, 4) is 0 Å². The summed E-state index contributed by atoms with van der Waals surface area (Å²) in [6.45, 7) is 4.10. The number of nitrogens with two attached hydrogens (primary N) is 1. The highest BCUT2D eigenvalue weighted by atomic mass is 32.1. The Morgan fingerprint density at radius 3 is 2.89 bits per heavy atom. The Morgan fingerprint density at radius 1 is 1.50 bits per heavy atom. The molecule has 94 valence electrons. The molecule has 5 heteroatoms. The summed E-state index contributed by atoms with van der Waals surface area (Å²) in [7, 11) is 0. The van der Waals surface area contributed by atoms with Gasteiger partial charge >= 0.3 is 0 Å². The zero-order chi connectivity index (χ0) is 13.1. The van der Waals surface area contributed by atoms with Crippen LogP contribution in [0.4, 0.5) is 5.69 Å². The number of anilines is 1. The average molecular weight is 277 g/mol. The minimum Gasteiger partial charge on any atom is -0.389 e. The Balaban J connectivity index is 2.26. The molecule has 1 unspecified atom stereocenters. The number of nitrogens with zero attached hydrogens (tertiary/aromatic N) is 1. The number of thiocarbonyl (C=S) groups is 1. The molecule has 0 saturated heterocycles. The lowest BCUT2D eigenvalue weighted by Gasteiger charge is -2.16. The number of rotatable bonds is 4. The standard InChI is InChI=1S/C13H15N3S2/c1-8-3-4-11(10(7-8)12(14)17)16-9(2)13-15-5-6-18-13/h3-7,9,16H,1-2H3,(H2,14,17). The summed E-state index contributed by atoms with van der Waals surface area (Å²) in [4.78, 5) is 4.71. The quantitative estimate of drug-likeness (QED) is 0.842. The van der Waals surface area contributed by atoms with Crippen molar-refractivity contribution in [3.05, 3.63) is 45.9 Å². The summed E-state index contributed by atoms with van der Waals surface area (Å²) in [6.07, 6.45) is 1.81. The maximum absolute atomic E-state index is 5.76. The fourth-order valence-corrected chi connectivity index (χ4v) is 2.55. The Hall–Kier alpha value is -1.46. The molecule has 3 nitrogen and oxygen atoms in total. The Bertz CT molecular complexity index is 549. The second-order valence-corrected chi connectivity index (χ2v) is 5.52. The van der Waals surface area contributed by atoms with Crippen LogP contribution in [0.2, 0.25) is 0 Å². The lowest BCUT2D eigenvalue weighted by atomic mass is 10.1. The van der Waals surface area contributed by atoms with Crippen LogP contribution in [0.5, 0.6) is 0 Å². The topological polar surface area (TPSA) is 50.9 Å². The van der Waals surface area contributed by atoms with E-state index < -0.39 is 0 Å². The van der Waals surface area contributed by atoms with E-state index in [1.807, 2.05) is 36.7 Å². The second kappa shape index (κ2) is 5.46. The number of hydrogen-bond donors (Lipinski definition) is 2. The van der Waals surface area contributed by atoms with Crippen molar-refractivity contribution in [1.29, 1.82) is 0 Å². The summed E-state index contributed by atoms with van der Waals surface area (Å²) in [5.41, 5.74) is 8.74. The molecule has 0 aliphatic heterocycles. The van der Waals surface area contributed by atoms with Crippen LogP contribution in [0.3, 0.4) is 0 Å². The fraction of sp³-hybridized carbons (Fsp3) is 0.231. The van der Waals surface area contributed by atoms with E-state index in [2.05, 4.69) is 17.2 Å². The van der Waals surface area contributed by atoms with Crippen molar-refractivity contribution in [3.63, 3.8) is 0 Å². The molecule has 1 aromatic carbocycles. The number of aryl methyl sites for hydroxylation is 1. The van der Waals surface area contributed by atoms with Crippen molar-refractivity contribution in [2.75, 3.05) is 5.32 Å². The van der Waals surface area contributed by atoms with Crippen LogP contribution in [0.1, 0.15) is 29.1 Å². The number of hydrogen-bond acceptors (Lipinski definition) is 4. The molecule has 0 amide bonds. The monoisotopic (exact) mass is 277 g/mol. The van der Waals surface area contributed by atoms with Crippen molar-refractivity contribution in [2.45, 2.75) is 19.9 Å². The minimum absolute atomic E-state index is 0.140. The molecule has 0 bridgehead atoms. The van der Waals surface area contributed by atoms with Gasteiger partial charge in [-0.3, -0.25) is 0 Å². The normalized spacial score (nSPS) is 12.1. The second-order valence-electron chi connectivity index (χ2n) is 4.15. The van der Waals surface area contributed by atoms with Crippen molar-refractivity contribution >= 4 is 34.2 Å². The molecule has 1 atom stereocenters. The SMILES string of the molecule is Cc1ccc(NC(C)c2nccs2)c(C(N)=S)c1. The summed E-state index contributed by atoms with van der Waals surface area (Å²) < 4.78 is 0. The van der Waals surface area contributed by atoms with E-state index in [1.165, 1.54) is 0 Å². The van der Waals surface area contributed by atoms with Crippen LogP contribution < -0.4 is 11.1 Å². The number of benzene rings is 1. The van der Waals surface area contributed by atoms with Gasteiger partial charge < -0.3 is 11.1 Å². The van der Waals surface area contributed by atoms with Gasteiger partial charge in [-0.25, -0.2) is 4.98 Å². The molecule has 18 heavy (non-hydrogen) atoms. The van der Waals surface area contributed by atoms with Gasteiger partial charge in [0, 0.05) is 22.8 Å². The molecule has 1 heterocycles. The molecule has 0 saturated carbocycles. The van der Waals surface area contributed by atoms with Crippen molar-refractivity contribution < 1.29 is 0 Å². The van der Waals surface area contributed by atoms with Gasteiger partial charge in [-0.2, -0.15) is 0 Å². The van der Waals surface area contributed by atoms with Gasteiger partial charge in [0.05, 0.1) is 6.04 Å². The van der Waals surface area contributed by atoms with Crippen LogP contribution in [0, 0.1) is 6.92 Å². The van der Waals surface area contributed by atoms with E-state index in [-0.39, 0.29) is 6.04 Å². The van der Waals surface area contributed by atoms with Gasteiger partial charge in [0.25, 0.3) is 0 Å². The zero-order valence-electron chi connectivity index (χ0n) is 10.3. The summed E-state index contributed by atoms with van der Waals surface area (Å²) >= 11 is 6.72. The molecule has 0 aliphatic rings. The van der Waals surface area contributed by atoms with Crippen LogP contribution in [0.25, 0.3) is 0 Å². The molecule has 0 radical (unpaired) electrons. The van der Waals surface area contributed by atoms with Gasteiger partial charge in [-0.15, -0.1) is 11.3 Å². The highest BCUT2D eigenvalue weighted by molar-refractivity contribution is 7.80. The number of aromatic nitrogens is 1. The summed E-state index contributed by atoms with van der Waals surface area (Å²) in [5.74, 6) is 0. The maximum atomic E-state index is 5.76. The third kappa shape index (κ3) is 2.86. The molecule has 0 spiro atoms. The summed E-state index contributed by atoms with van der Waals surface area (Å²) in [5, 5.41) is 6.42. The Morgan fingerprint density at radius 2 is 2.28 bits per heavy atom. The highest BCUT2D eigenvalue weighted by Gasteiger charge is 2.11. The van der Waals surface area contributed by atoms with Gasteiger partial charge in [0.1, 0.15) is 10.00 Å². The predicted octanol–water partition coefficient (Wildman–Crippen LogP) is 3.26. The fourth-order valence-electron chi connectivity index (χ4n) is 1.73. The average Bonchev–Trinajstić information content (AvgIpc) is 2.84. The molecule has 0 aliphatic carbocycles. The van der Waals surface area contributed by atoms with E-state index in [4.69, 9.17) is 18.0 Å². The van der Waals surface area contributed by atoms with Gasteiger partial charge in [0.15, 0.2) is 0 Å². The van der Waals surface area contributed by atoms with Gasteiger partial charge in [-0.05, 0) is 26.0 Å².